The second-order valence-corrected chi connectivity index (χ2v) is 7.75. The van der Waals surface area contributed by atoms with Crippen LogP contribution in [0.5, 0.6) is 17.2 Å². The van der Waals surface area contributed by atoms with Gasteiger partial charge in [0.25, 0.3) is 5.69 Å². The fourth-order valence-electron chi connectivity index (χ4n) is 3.53. The zero-order valence-corrected chi connectivity index (χ0v) is 17.9. The molecule has 0 spiro atoms. The fraction of sp³-hybridized carbons (Fsp3) is 0.240. The van der Waals surface area contributed by atoms with E-state index in [2.05, 4.69) is 28.9 Å². The smallest absolute Gasteiger partial charge is 0.269 e. The van der Waals surface area contributed by atoms with Crippen molar-refractivity contribution in [1.82, 2.24) is 4.90 Å². The number of nitro groups is 1. The predicted molar refractivity (Wildman–Crippen MR) is 124 cm³/mol. The molecule has 0 bridgehead atoms. The van der Waals surface area contributed by atoms with Crippen LogP contribution in [0.25, 0.3) is 0 Å². The molecule has 3 aromatic carbocycles. The molecule has 1 aliphatic rings. The molecule has 0 aliphatic carbocycles. The highest BCUT2D eigenvalue weighted by Gasteiger charge is 2.13. The maximum absolute atomic E-state index is 10.8. The molecule has 1 heterocycles. The zero-order valence-electron chi connectivity index (χ0n) is 17.9. The molecular weight excluding hydrogens is 406 g/mol. The third-order valence-electron chi connectivity index (χ3n) is 5.34. The average molecular weight is 431 g/mol. The van der Waals surface area contributed by atoms with Crippen molar-refractivity contribution in [3.63, 3.8) is 0 Å². The number of hydrogen-bond donors (Lipinski definition) is 0. The van der Waals surface area contributed by atoms with Crippen LogP contribution in [0, 0.1) is 10.1 Å². The van der Waals surface area contributed by atoms with Gasteiger partial charge >= 0.3 is 0 Å². The van der Waals surface area contributed by atoms with E-state index in [-0.39, 0.29) is 12.3 Å². The van der Waals surface area contributed by atoms with E-state index in [0.717, 1.165) is 30.9 Å². The second kappa shape index (κ2) is 9.96. The number of nitro benzene ring substituents is 1. The number of hydrogen-bond acceptors (Lipinski definition) is 6. The summed E-state index contributed by atoms with van der Waals surface area (Å²) in [6.07, 6.45) is 1.93. The minimum Gasteiger partial charge on any atom is -0.485 e. The highest BCUT2D eigenvalue weighted by molar-refractivity contribution is 5.57. The Morgan fingerprint density at radius 3 is 2.41 bits per heavy atom. The van der Waals surface area contributed by atoms with Gasteiger partial charge < -0.3 is 14.4 Å². The van der Waals surface area contributed by atoms with Crippen LogP contribution >= 0.6 is 0 Å². The lowest BCUT2D eigenvalue weighted by molar-refractivity contribution is -0.384. The fourth-order valence-corrected chi connectivity index (χ4v) is 3.53. The number of non-ortho nitro benzene ring substituents is 1. The maximum Gasteiger partial charge on any atom is 0.269 e. The molecule has 0 amide bonds. The van der Waals surface area contributed by atoms with E-state index in [1.165, 1.54) is 17.7 Å². The molecule has 0 radical (unpaired) electrons. The molecule has 1 aliphatic heterocycles. The molecule has 1 atom stereocenters. The Labute approximate surface area is 187 Å². The quantitative estimate of drug-likeness (QED) is 0.334. The van der Waals surface area contributed by atoms with Gasteiger partial charge in [0.05, 0.1) is 17.8 Å². The molecule has 7 nitrogen and oxygen atoms in total. The number of aliphatic imine (C=N–C) groups is 1. The second-order valence-electron chi connectivity index (χ2n) is 7.75. The van der Waals surface area contributed by atoms with Crippen LogP contribution in [0.2, 0.25) is 0 Å². The Morgan fingerprint density at radius 1 is 1.03 bits per heavy atom. The van der Waals surface area contributed by atoms with E-state index >= 15 is 0 Å². The van der Waals surface area contributed by atoms with Gasteiger partial charge in [-0.25, -0.2) is 0 Å². The summed E-state index contributed by atoms with van der Waals surface area (Å²) in [6, 6.07) is 21.9. The Morgan fingerprint density at radius 2 is 1.75 bits per heavy atom. The van der Waals surface area contributed by atoms with Gasteiger partial charge in [-0.1, -0.05) is 31.2 Å². The van der Waals surface area contributed by atoms with E-state index < -0.39 is 4.92 Å². The summed E-state index contributed by atoms with van der Waals surface area (Å²) in [5.74, 6) is 2.35. The minimum absolute atomic E-state index is 0.0591. The SMILES string of the molecule is CC(CN1C=NCC1)c1ccc(Oc2ccccc2OCc2ccc([N+](=O)[O-])cc2)cc1. The number of rotatable bonds is 9. The summed E-state index contributed by atoms with van der Waals surface area (Å²) < 4.78 is 12.0. The maximum atomic E-state index is 10.8. The van der Waals surface area contributed by atoms with Crippen molar-refractivity contribution >= 4 is 12.0 Å². The lowest BCUT2D eigenvalue weighted by atomic mass is 10.0. The molecule has 0 saturated carbocycles. The summed E-state index contributed by atoms with van der Waals surface area (Å²) in [6.45, 7) is 5.31. The van der Waals surface area contributed by atoms with Crippen LogP contribution in [-0.4, -0.2) is 35.8 Å². The highest BCUT2D eigenvalue weighted by Crippen LogP contribution is 2.32. The summed E-state index contributed by atoms with van der Waals surface area (Å²) in [5.41, 5.74) is 2.15. The first-order valence-corrected chi connectivity index (χ1v) is 10.6. The van der Waals surface area contributed by atoms with Crippen LogP contribution in [0.15, 0.2) is 77.8 Å². The topological polar surface area (TPSA) is 77.2 Å². The van der Waals surface area contributed by atoms with Crippen molar-refractivity contribution in [3.8, 4) is 17.2 Å². The van der Waals surface area contributed by atoms with E-state index in [1.807, 2.05) is 42.7 Å². The Hall–Kier alpha value is -3.87. The molecular formula is C25H25N3O4. The van der Waals surface area contributed by atoms with Crippen LogP contribution in [0.3, 0.4) is 0 Å². The molecule has 7 heteroatoms. The van der Waals surface area contributed by atoms with Crippen LogP contribution in [0.4, 0.5) is 5.69 Å². The van der Waals surface area contributed by atoms with Crippen molar-refractivity contribution in [3.05, 3.63) is 94.0 Å². The van der Waals surface area contributed by atoms with E-state index in [9.17, 15) is 10.1 Å². The lowest BCUT2D eigenvalue weighted by Gasteiger charge is -2.20. The number of nitrogens with zero attached hydrogens (tertiary/aromatic N) is 3. The molecule has 0 saturated heterocycles. The molecule has 4 rings (SSSR count). The van der Waals surface area contributed by atoms with Crippen LogP contribution < -0.4 is 9.47 Å². The van der Waals surface area contributed by atoms with Gasteiger partial charge in [-0.15, -0.1) is 0 Å². The number of benzene rings is 3. The van der Waals surface area contributed by atoms with Crippen molar-refractivity contribution in [2.45, 2.75) is 19.4 Å². The monoisotopic (exact) mass is 431 g/mol. The number of ether oxygens (including phenoxy) is 2. The van der Waals surface area contributed by atoms with Crippen molar-refractivity contribution in [1.29, 1.82) is 0 Å². The van der Waals surface area contributed by atoms with Gasteiger partial charge in [-0.3, -0.25) is 15.1 Å². The van der Waals surface area contributed by atoms with Gasteiger partial charge in [0.1, 0.15) is 12.4 Å². The van der Waals surface area contributed by atoms with E-state index in [1.54, 1.807) is 12.1 Å². The van der Waals surface area contributed by atoms with Gasteiger partial charge in [-0.05, 0) is 53.4 Å². The molecule has 0 aromatic heterocycles. The normalized spacial score (nSPS) is 13.7. The van der Waals surface area contributed by atoms with Gasteiger partial charge in [0.15, 0.2) is 11.5 Å². The molecule has 3 aromatic rings. The Bertz CT molecular complexity index is 1080. The summed E-state index contributed by atoms with van der Waals surface area (Å²) in [5, 5.41) is 10.8. The van der Waals surface area contributed by atoms with Crippen LogP contribution in [-0.2, 0) is 6.61 Å². The number of para-hydroxylation sites is 2. The average Bonchev–Trinajstić information content (AvgIpc) is 3.32. The summed E-state index contributed by atoms with van der Waals surface area (Å²) in [7, 11) is 0. The summed E-state index contributed by atoms with van der Waals surface area (Å²) in [4.78, 5) is 16.9. The van der Waals surface area contributed by atoms with E-state index in [0.29, 0.717) is 17.4 Å². The molecule has 0 fully saturated rings. The first-order valence-electron chi connectivity index (χ1n) is 10.6. The third-order valence-corrected chi connectivity index (χ3v) is 5.34. The largest absolute Gasteiger partial charge is 0.485 e. The summed E-state index contributed by atoms with van der Waals surface area (Å²) >= 11 is 0. The molecule has 1 unspecified atom stereocenters. The van der Waals surface area contributed by atoms with Crippen molar-refractivity contribution in [2.75, 3.05) is 19.6 Å². The Balaban J connectivity index is 1.38. The highest BCUT2D eigenvalue weighted by atomic mass is 16.6. The van der Waals surface area contributed by atoms with E-state index in [4.69, 9.17) is 9.47 Å². The first-order chi connectivity index (χ1) is 15.6. The minimum atomic E-state index is -0.416. The van der Waals surface area contributed by atoms with Crippen LogP contribution in [0.1, 0.15) is 24.0 Å². The molecule has 32 heavy (non-hydrogen) atoms. The zero-order chi connectivity index (χ0) is 22.3. The lowest BCUT2D eigenvalue weighted by Crippen LogP contribution is -2.24. The van der Waals surface area contributed by atoms with Gasteiger partial charge in [0, 0.05) is 25.2 Å². The predicted octanol–water partition coefficient (Wildman–Crippen LogP) is 5.41. The van der Waals surface area contributed by atoms with Gasteiger partial charge in [-0.2, -0.15) is 0 Å². The molecule has 164 valence electrons. The van der Waals surface area contributed by atoms with Crippen molar-refractivity contribution < 1.29 is 14.4 Å². The first kappa shape index (κ1) is 21.4. The van der Waals surface area contributed by atoms with Gasteiger partial charge in [0.2, 0.25) is 0 Å². The standard InChI is InChI=1S/C25H25N3O4/c1-19(16-27-15-14-26-18-27)21-8-12-23(13-9-21)32-25-5-3-2-4-24(25)31-17-20-6-10-22(11-7-20)28(29)30/h2-13,18-19H,14-17H2,1H3. The molecule has 0 N–H and O–H groups in total. The Kier molecular flexibility index (Phi) is 6.65. The third kappa shape index (κ3) is 5.43. The van der Waals surface area contributed by atoms with Crippen molar-refractivity contribution in [2.24, 2.45) is 4.99 Å².